The molecule has 6 nitrogen and oxygen atoms in total. The third-order valence-corrected chi connectivity index (χ3v) is 5.89. The van der Waals surface area contributed by atoms with E-state index in [9.17, 15) is 4.79 Å². The van der Waals surface area contributed by atoms with Crippen molar-refractivity contribution in [2.24, 2.45) is 0 Å². The lowest BCUT2D eigenvalue weighted by atomic mass is 10.1. The first kappa shape index (κ1) is 16.7. The van der Waals surface area contributed by atoms with E-state index >= 15 is 0 Å². The summed E-state index contributed by atoms with van der Waals surface area (Å²) in [7, 11) is 0. The van der Waals surface area contributed by atoms with Crippen LogP contribution in [0.3, 0.4) is 0 Å². The summed E-state index contributed by atoms with van der Waals surface area (Å²) in [5.74, 6) is 2.07. The average molecular weight is 347 g/mol. The number of carbonyl (C=O) groups is 1. The molecule has 0 radical (unpaired) electrons. The van der Waals surface area contributed by atoms with E-state index in [0.29, 0.717) is 12.7 Å². The monoisotopic (exact) mass is 347 g/mol. The fourth-order valence-electron chi connectivity index (χ4n) is 4.26. The summed E-state index contributed by atoms with van der Waals surface area (Å²) in [5.41, 5.74) is 1.30. The Morgan fingerprint density at radius 3 is 2.60 bits per heavy atom. The molecule has 1 atom stereocenters. The molecule has 2 saturated heterocycles. The second-order valence-corrected chi connectivity index (χ2v) is 7.53. The van der Waals surface area contributed by atoms with Crippen molar-refractivity contribution in [3.05, 3.63) is 23.8 Å². The topological polar surface area (TPSA) is 47.7 Å². The van der Waals surface area contributed by atoms with Gasteiger partial charge in [-0.3, -0.25) is 4.79 Å². The van der Waals surface area contributed by atoms with Crippen LogP contribution in [0.2, 0.25) is 0 Å². The second kappa shape index (κ2) is 7.22. The van der Waals surface area contributed by atoms with Gasteiger partial charge < -0.3 is 24.2 Å². The minimum atomic E-state index is 0.102. The zero-order valence-corrected chi connectivity index (χ0v) is 15.1. The van der Waals surface area contributed by atoms with Crippen LogP contribution in [0.4, 0.5) is 0 Å². The Labute approximate surface area is 149 Å². The quantitative estimate of drug-likeness (QED) is 0.713. The van der Waals surface area contributed by atoms with Gasteiger partial charge in [-0.25, -0.2) is 0 Å². The molecule has 2 fully saturated rings. The molecular formula is C19H29N3O3+2. The van der Waals surface area contributed by atoms with Crippen molar-refractivity contribution in [2.75, 3.05) is 46.1 Å². The normalized spacial score (nSPS) is 26.7. The molecule has 0 saturated carbocycles. The van der Waals surface area contributed by atoms with Crippen molar-refractivity contribution in [1.29, 1.82) is 0 Å². The molecule has 0 aliphatic carbocycles. The number of quaternary nitrogens is 2. The first-order valence-electron chi connectivity index (χ1n) is 9.56. The zero-order valence-electron chi connectivity index (χ0n) is 15.1. The highest BCUT2D eigenvalue weighted by Crippen LogP contribution is 2.32. The van der Waals surface area contributed by atoms with Crippen molar-refractivity contribution >= 4 is 5.91 Å². The number of piperazine rings is 1. The van der Waals surface area contributed by atoms with Crippen LogP contribution >= 0.6 is 0 Å². The summed E-state index contributed by atoms with van der Waals surface area (Å²) in [6.07, 6.45) is 2.34. The predicted molar refractivity (Wildman–Crippen MR) is 92.9 cm³/mol. The molecule has 0 aromatic heterocycles. The van der Waals surface area contributed by atoms with E-state index in [4.69, 9.17) is 9.47 Å². The number of nitrogens with zero attached hydrogens (tertiary/aromatic N) is 1. The van der Waals surface area contributed by atoms with E-state index in [2.05, 4.69) is 24.0 Å². The van der Waals surface area contributed by atoms with Gasteiger partial charge in [-0.2, -0.15) is 0 Å². The van der Waals surface area contributed by atoms with Crippen molar-refractivity contribution in [3.63, 3.8) is 0 Å². The lowest BCUT2D eigenvalue weighted by Crippen LogP contribution is -3.29. The number of likely N-dealkylation sites (tertiary alicyclic amines) is 1. The first-order chi connectivity index (χ1) is 12.2. The third-order valence-electron chi connectivity index (χ3n) is 5.89. The highest BCUT2D eigenvalue weighted by Gasteiger charge is 2.34. The van der Waals surface area contributed by atoms with Crippen LogP contribution in [0.25, 0.3) is 0 Å². The maximum absolute atomic E-state index is 12.6. The molecule has 6 heteroatoms. The van der Waals surface area contributed by atoms with Gasteiger partial charge in [-0.05, 0) is 38.0 Å². The van der Waals surface area contributed by atoms with Gasteiger partial charge in [0.15, 0.2) is 17.5 Å². The lowest BCUT2D eigenvalue weighted by Gasteiger charge is -2.34. The van der Waals surface area contributed by atoms with Crippen molar-refractivity contribution < 1.29 is 24.1 Å². The lowest BCUT2D eigenvalue weighted by molar-refractivity contribution is -1.02. The van der Waals surface area contributed by atoms with Gasteiger partial charge in [0, 0.05) is 18.7 Å². The number of carbonyl (C=O) groups excluding carboxylic acids is 1. The van der Waals surface area contributed by atoms with Gasteiger partial charge in [0.1, 0.15) is 32.7 Å². The average Bonchev–Trinajstić information content (AvgIpc) is 3.32. The molecule has 3 aliphatic rings. The summed E-state index contributed by atoms with van der Waals surface area (Å²) in [4.78, 5) is 17.7. The van der Waals surface area contributed by atoms with Gasteiger partial charge in [-0.15, -0.1) is 0 Å². The molecule has 1 aromatic carbocycles. The Morgan fingerprint density at radius 1 is 1.12 bits per heavy atom. The number of nitrogens with one attached hydrogen (secondary N) is 2. The van der Waals surface area contributed by atoms with Crippen LogP contribution < -0.4 is 19.3 Å². The van der Waals surface area contributed by atoms with Crippen molar-refractivity contribution in [3.8, 4) is 11.5 Å². The van der Waals surface area contributed by atoms with Crippen LogP contribution in [-0.4, -0.2) is 62.9 Å². The van der Waals surface area contributed by atoms with Crippen LogP contribution in [0.15, 0.2) is 18.2 Å². The van der Waals surface area contributed by atoms with Gasteiger partial charge in [0.05, 0.1) is 0 Å². The molecule has 0 bridgehead atoms. The minimum Gasteiger partial charge on any atom is -0.454 e. The second-order valence-electron chi connectivity index (χ2n) is 7.53. The highest BCUT2D eigenvalue weighted by atomic mass is 16.7. The van der Waals surface area contributed by atoms with Gasteiger partial charge >= 0.3 is 0 Å². The van der Waals surface area contributed by atoms with Gasteiger partial charge in [0.25, 0.3) is 5.91 Å². The summed E-state index contributed by atoms with van der Waals surface area (Å²) in [5, 5.41) is 0. The summed E-state index contributed by atoms with van der Waals surface area (Å²) in [6.45, 7) is 9.73. The Hall–Kier alpha value is -1.79. The van der Waals surface area contributed by atoms with Gasteiger partial charge in [-0.1, -0.05) is 0 Å². The zero-order chi connectivity index (χ0) is 17.2. The largest absolute Gasteiger partial charge is 0.454 e. The number of hydrogen-bond acceptors (Lipinski definition) is 3. The number of amides is 1. The number of benzene rings is 1. The van der Waals surface area contributed by atoms with E-state index in [0.717, 1.165) is 57.3 Å². The summed E-state index contributed by atoms with van der Waals surface area (Å²) in [6, 6.07) is 6.35. The number of hydrogen-bond donors (Lipinski definition) is 2. The molecule has 2 N–H and O–H groups in total. The molecule has 4 rings (SSSR count). The van der Waals surface area contributed by atoms with Crippen LogP contribution in [0.1, 0.15) is 25.3 Å². The molecule has 3 heterocycles. The fourth-order valence-corrected chi connectivity index (χ4v) is 4.26. The van der Waals surface area contributed by atoms with Gasteiger partial charge in [0.2, 0.25) is 6.79 Å². The highest BCUT2D eigenvalue weighted by molar-refractivity contribution is 5.80. The first-order valence-corrected chi connectivity index (χ1v) is 9.56. The predicted octanol–water partition coefficient (Wildman–Crippen LogP) is -1.29. The molecule has 1 aromatic rings. The van der Waals surface area contributed by atoms with E-state index in [1.165, 1.54) is 23.3 Å². The Bertz CT molecular complexity index is 622. The summed E-state index contributed by atoms with van der Waals surface area (Å²) < 4.78 is 10.9. The number of fused-ring (bicyclic) bond motifs is 1. The van der Waals surface area contributed by atoms with E-state index in [-0.39, 0.29) is 6.04 Å². The smallest absolute Gasteiger partial charge is 0.280 e. The molecule has 0 spiro atoms. The van der Waals surface area contributed by atoms with Crippen LogP contribution in [-0.2, 0) is 11.3 Å². The van der Waals surface area contributed by atoms with E-state index < -0.39 is 0 Å². The Balaban J connectivity index is 1.28. The maximum atomic E-state index is 12.6. The molecule has 25 heavy (non-hydrogen) atoms. The number of ether oxygens (including phenoxy) is 2. The molecular weight excluding hydrogens is 318 g/mol. The maximum Gasteiger partial charge on any atom is 0.280 e. The summed E-state index contributed by atoms with van der Waals surface area (Å²) >= 11 is 0. The third kappa shape index (κ3) is 3.60. The fraction of sp³-hybridized carbons (Fsp3) is 0.632. The van der Waals surface area contributed by atoms with Crippen molar-refractivity contribution in [2.45, 2.75) is 32.4 Å². The number of rotatable bonds is 4. The van der Waals surface area contributed by atoms with Crippen LogP contribution in [0, 0.1) is 0 Å². The van der Waals surface area contributed by atoms with Crippen molar-refractivity contribution in [1.82, 2.24) is 4.90 Å². The minimum absolute atomic E-state index is 0.102. The molecule has 0 unspecified atom stereocenters. The van der Waals surface area contributed by atoms with E-state index in [1.54, 1.807) is 4.90 Å². The standard InChI is InChI=1S/C19H27N3O3/c1-15(19(23)22-6-2-3-7-22)21-10-8-20(9-11-21)13-16-4-5-17-18(12-16)25-14-24-17/h4-5,12,15H,2-3,6-11,13-14H2,1H3/p+2/t15-/m1/s1. The molecule has 3 aliphatic heterocycles. The Kier molecular flexibility index (Phi) is 4.81. The van der Waals surface area contributed by atoms with E-state index in [1.807, 2.05) is 6.07 Å². The van der Waals surface area contributed by atoms with Crippen LogP contribution in [0.5, 0.6) is 11.5 Å². The molecule has 1 amide bonds. The Morgan fingerprint density at radius 2 is 1.84 bits per heavy atom. The molecule has 136 valence electrons. The SMILES string of the molecule is C[C@H](C(=O)N1CCCC1)[NH+]1CC[NH+](Cc2ccc3c(c2)OCO3)CC1.